The molecular weight excluding hydrogens is 318 g/mol. The van der Waals surface area contributed by atoms with Crippen molar-refractivity contribution in [1.29, 1.82) is 0 Å². The van der Waals surface area contributed by atoms with Crippen molar-refractivity contribution in [3.8, 4) is 5.69 Å². The fourth-order valence-corrected chi connectivity index (χ4v) is 3.24. The number of para-hydroxylation sites is 1. The number of hydrogen-bond donors (Lipinski definition) is 1. The predicted octanol–water partition coefficient (Wildman–Crippen LogP) is 0.796. The van der Waals surface area contributed by atoms with Crippen LogP contribution in [0.1, 0.15) is 23.3 Å². The number of benzene rings is 1. The lowest BCUT2D eigenvalue weighted by Gasteiger charge is -2.35. The number of amides is 1. The van der Waals surface area contributed by atoms with Crippen molar-refractivity contribution >= 4 is 5.91 Å². The summed E-state index contributed by atoms with van der Waals surface area (Å²) in [5, 5.41) is 18.6. The van der Waals surface area contributed by atoms with Crippen molar-refractivity contribution in [1.82, 2.24) is 24.8 Å². The first-order valence-electron chi connectivity index (χ1n) is 8.88. The molecular formula is C18H23N5O2. The quantitative estimate of drug-likeness (QED) is 0.871. The van der Waals surface area contributed by atoms with Gasteiger partial charge in [0.2, 0.25) is 0 Å². The van der Waals surface area contributed by atoms with E-state index in [-0.39, 0.29) is 12.0 Å². The van der Waals surface area contributed by atoms with Gasteiger partial charge in [-0.3, -0.25) is 9.69 Å². The first-order chi connectivity index (χ1) is 12.2. The number of aromatic nitrogens is 3. The highest BCUT2D eigenvalue weighted by atomic mass is 16.3. The second-order valence-electron chi connectivity index (χ2n) is 6.85. The Morgan fingerprint density at radius 2 is 1.88 bits per heavy atom. The van der Waals surface area contributed by atoms with E-state index >= 15 is 0 Å². The van der Waals surface area contributed by atoms with E-state index < -0.39 is 0 Å². The Labute approximate surface area is 146 Å². The van der Waals surface area contributed by atoms with Crippen LogP contribution < -0.4 is 0 Å². The highest BCUT2D eigenvalue weighted by Crippen LogP contribution is 2.32. The molecule has 4 rings (SSSR count). The molecule has 0 bridgehead atoms. The number of nitrogens with zero attached hydrogens (tertiary/aromatic N) is 5. The maximum atomic E-state index is 12.6. The summed E-state index contributed by atoms with van der Waals surface area (Å²) < 4.78 is 0. The molecule has 2 aromatic rings. The molecule has 7 heteroatoms. The summed E-state index contributed by atoms with van der Waals surface area (Å²) in [4.78, 5) is 18.2. The molecule has 1 aliphatic heterocycles. The normalized spacial score (nSPS) is 19.8. The lowest BCUT2D eigenvalue weighted by atomic mass is 10.2. The molecule has 2 aliphatic rings. The zero-order chi connectivity index (χ0) is 17.2. The van der Waals surface area contributed by atoms with Crippen LogP contribution in [0.3, 0.4) is 0 Å². The molecule has 0 spiro atoms. The Bertz CT molecular complexity index is 720. The summed E-state index contributed by atoms with van der Waals surface area (Å²) >= 11 is 0. The van der Waals surface area contributed by atoms with Gasteiger partial charge in [-0.05, 0) is 30.9 Å². The van der Waals surface area contributed by atoms with Gasteiger partial charge < -0.3 is 10.0 Å². The molecule has 1 aromatic heterocycles. The van der Waals surface area contributed by atoms with Crippen LogP contribution in [0.15, 0.2) is 36.5 Å². The van der Waals surface area contributed by atoms with E-state index in [1.165, 1.54) is 11.0 Å². The van der Waals surface area contributed by atoms with Gasteiger partial charge in [0.1, 0.15) is 0 Å². The molecule has 1 atom stereocenters. The molecule has 2 fully saturated rings. The third-order valence-electron chi connectivity index (χ3n) is 4.97. The van der Waals surface area contributed by atoms with Crippen LogP contribution in [0, 0.1) is 5.92 Å². The summed E-state index contributed by atoms with van der Waals surface area (Å²) in [5.41, 5.74) is 1.20. The van der Waals surface area contributed by atoms with Gasteiger partial charge in [0, 0.05) is 32.7 Å². The maximum Gasteiger partial charge on any atom is 0.276 e. The van der Waals surface area contributed by atoms with Crippen molar-refractivity contribution in [3.05, 3.63) is 42.2 Å². The van der Waals surface area contributed by atoms with E-state index in [4.69, 9.17) is 0 Å². The van der Waals surface area contributed by atoms with Crippen LogP contribution in [0.25, 0.3) is 5.69 Å². The average molecular weight is 341 g/mol. The average Bonchev–Trinajstić information content (AvgIpc) is 3.39. The molecule has 2 heterocycles. The SMILES string of the molecule is O=C(c1cnn(-c2ccccc2)n1)N1CCN(C[C@@H](O)C2CC2)CC1. The van der Waals surface area contributed by atoms with Gasteiger partial charge in [-0.2, -0.15) is 9.90 Å². The Morgan fingerprint density at radius 3 is 2.56 bits per heavy atom. The number of aliphatic hydroxyl groups excluding tert-OH is 1. The number of carbonyl (C=O) groups excluding carboxylic acids is 1. The van der Waals surface area contributed by atoms with Crippen LogP contribution in [-0.2, 0) is 0 Å². The second kappa shape index (κ2) is 6.93. The van der Waals surface area contributed by atoms with Crippen molar-refractivity contribution in [3.63, 3.8) is 0 Å². The van der Waals surface area contributed by atoms with Crippen LogP contribution in [0.2, 0.25) is 0 Å². The Kier molecular flexibility index (Phi) is 4.50. The molecule has 1 N–H and O–H groups in total. The van der Waals surface area contributed by atoms with Gasteiger partial charge in [0.05, 0.1) is 18.0 Å². The van der Waals surface area contributed by atoms with E-state index in [9.17, 15) is 9.90 Å². The lowest BCUT2D eigenvalue weighted by molar-refractivity contribution is 0.0484. The topological polar surface area (TPSA) is 74.5 Å². The first-order valence-corrected chi connectivity index (χ1v) is 8.88. The fourth-order valence-electron chi connectivity index (χ4n) is 3.24. The number of rotatable bonds is 5. The van der Waals surface area contributed by atoms with Crippen molar-refractivity contribution in [2.75, 3.05) is 32.7 Å². The Balaban J connectivity index is 1.34. The minimum absolute atomic E-state index is 0.0791. The smallest absolute Gasteiger partial charge is 0.276 e. The predicted molar refractivity (Wildman–Crippen MR) is 92.4 cm³/mol. The van der Waals surface area contributed by atoms with E-state index in [0.29, 0.717) is 24.7 Å². The zero-order valence-corrected chi connectivity index (χ0v) is 14.2. The molecule has 0 radical (unpaired) electrons. The molecule has 25 heavy (non-hydrogen) atoms. The minimum Gasteiger partial charge on any atom is -0.392 e. The standard InChI is InChI=1S/C18H23N5O2/c24-17(14-6-7-14)13-21-8-10-22(11-9-21)18(25)16-12-19-23(20-16)15-4-2-1-3-5-15/h1-5,12,14,17,24H,6-11,13H2/t17-/m1/s1. The molecule has 0 unspecified atom stereocenters. The van der Waals surface area contributed by atoms with Gasteiger partial charge in [0.25, 0.3) is 5.91 Å². The van der Waals surface area contributed by atoms with Gasteiger partial charge in [0.15, 0.2) is 5.69 Å². The van der Waals surface area contributed by atoms with E-state index in [0.717, 1.165) is 38.2 Å². The number of carbonyl (C=O) groups is 1. The number of piperazine rings is 1. The molecule has 1 aliphatic carbocycles. The van der Waals surface area contributed by atoms with Gasteiger partial charge in [-0.1, -0.05) is 18.2 Å². The number of aliphatic hydroxyl groups is 1. The molecule has 1 amide bonds. The fraction of sp³-hybridized carbons (Fsp3) is 0.500. The third-order valence-corrected chi connectivity index (χ3v) is 4.97. The van der Waals surface area contributed by atoms with Gasteiger partial charge >= 0.3 is 0 Å². The molecule has 132 valence electrons. The summed E-state index contributed by atoms with van der Waals surface area (Å²) in [5.74, 6) is 0.414. The largest absolute Gasteiger partial charge is 0.392 e. The lowest BCUT2D eigenvalue weighted by Crippen LogP contribution is -2.50. The van der Waals surface area contributed by atoms with Gasteiger partial charge in [-0.15, -0.1) is 5.10 Å². The Hall–Kier alpha value is -2.25. The monoisotopic (exact) mass is 341 g/mol. The summed E-state index contributed by atoms with van der Waals surface area (Å²) in [7, 11) is 0. The second-order valence-corrected chi connectivity index (χ2v) is 6.85. The Morgan fingerprint density at radius 1 is 1.16 bits per heavy atom. The number of β-amino-alcohol motifs (C(OH)–C–C–N with tert-alkyl or cyclic N) is 1. The van der Waals surface area contributed by atoms with E-state index in [1.54, 1.807) is 0 Å². The highest BCUT2D eigenvalue weighted by Gasteiger charge is 2.32. The minimum atomic E-state index is -0.215. The summed E-state index contributed by atoms with van der Waals surface area (Å²) in [6.07, 6.45) is 3.61. The van der Waals surface area contributed by atoms with Gasteiger partial charge in [-0.25, -0.2) is 0 Å². The van der Waals surface area contributed by atoms with Crippen LogP contribution in [-0.4, -0.2) is 74.6 Å². The van der Waals surface area contributed by atoms with E-state index in [2.05, 4.69) is 15.1 Å². The maximum absolute atomic E-state index is 12.6. The number of hydrogen-bond acceptors (Lipinski definition) is 5. The van der Waals surface area contributed by atoms with Crippen LogP contribution >= 0.6 is 0 Å². The molecule has 1 saturated heterocycles. The summed E-state index contributed by atoms with van der Waals surface area (Å²) in [6.45, 7) is 3.63. The first kappa shape index (κ1) is 16.2. The van der Waals surface area contributed by atoms with Crippen molar-refractivity contribution in [2.45, 2.75) is 18.9 Å². The van der Waals surface area contributed by atoms with Crippen LogP contribution in [0.4, 0.5) is 0 Å². The van der Waals surface area contributed by atoms with Crippen molar-refractivity contribution in [2.24, 2.45) is 5.92 Å². The molecule has 1 saturated carbocycles. The zero-order valence-electron chi connectivity index (χ0n) is 14.2. The molecule has 7 nitrogen and oxygen atoms in total. The summed E-state index contributed by atoms with van der Waals surface area (Å²) in [6, 6.07) is 9.56. The highest BCUT2D eigenvalue weighted by molar-refractivity contribution is 5.92. The van der Waals surface area contributed by atoms with Crippen molar-refractivity contribution < 1.29 is 9.90 Å². The van der Waals surface area contributed by atoms with Crippen LogP contribution in [0.5, 0.6) is 0 Å². The molecule has 1 aromatic carbocycles. The third kappa shape index (κ3) is 3.72. The van der Waals surface area contributed by atoms with E-state index in [1.807, 2.05) is 35.2 Å².